The van der Waals surface area contributed by atoms with E-state index in [0.717, 1.165) is 0 Å². The molecule has 8 nitrogen and oxygen atoms in total. The van der Waals surface area contributed by atoms with Crippen LogP contribution in [0, 0.1) is 5.92 Å². The number of hydrogen-bond acceptors (Lipinski definition) is 6. The third-order valence-electron chi connectivity index (χ3n) is 4.44. The maximum Gasteiger partial charge on any atom is 0.309 e. The standard InChI is InChI=1S/C18H26N2O6S/c1-4-19-27(23,24)16-12-14(6-7-15(16)25-3)17(21)20-10-8-13(9-11-20)18(22)26-5-2/h6-7,12-13,19H,4-5,8-11H2,1-3H3. The summed E-state index contributed by atoms with van der Waals surface area (Å²) in [6.45, 7) is 4.84. The topological polar surface area (TPSA) is 102 Å². The molecule has 0 unspecified atom stereocenters. The Morgan fingerprint density at radius 3 is 2.44 bits per heavy atom. The van der Waals surface area contributed by atoms with Crippen molar-refractivity contribution < 1.29 is 27.5 Å². The fourth-order valence-electron chi connectivity index (χ4n) is 3.05. The van der Waals surface area contributed by atoms with E-state index < -0.39 is 10.0 Å². The molecule has 1 aromatic rings. The van der Waals surface area contributed by atoms with E-state index in [2.05, 4.69) is 4.72 Å². The van der Waals surface area contributed by atoms with Crippen LogP contribution in [0.1, 0.15) is 37.0 Å². The molecular weight excluding hydrogens is 372 g/mol. The van der Waals surface area contributed by atoms with Gasteiger partial charge in [0.1, 0.15) is 10.6 Å². The highest BCUT2D eigenvalue weighted by Crippen LogP contribution is 2.26. The van der Waals surface area contributed by atoms with Gasteiger partial charge in [-0.25, -0.2) is 13.1 Å². The van der Waals surface area contributed by atoms with Crippen LogP contribution in [-0.4, -0.2) is 58.5 Å². The molecular formula is C18H26N2O6S. The minimum absolute atomic E-state index is 0.0703. The summed E-state index contributed by atoms with van der Waals surface area (Å²) in [4.78, 5) is 26.2. The van der Waals surface area contributed by atoms with Gasteiger partial charge in [-0.1, -0.05) is 6.92 Å². The van der Waals surface area contributed by atoms with Crippen LogP contribution in [0.25, 0.3) is 0 Å². The van der Waals surface area contributed by atoms with Crippen molar-refractivity contribution in [2.24, 2.45) is 5.92 Å². The zero-order valence-corrected chi connectivity index (χ0v) is 16.7. The van der Waals surface area contributed by atoms with E-state index in [-0.39, 0.29) is 40.5 Å². The Morgan fingerprint density at radius 1 is 1.22 bits per heavy atom. The molecule has 2 rings (SSSR count). The molecule has 0 aliphatic carbocycles. The number of benzene rings is 1. The van der Waals surface area contributed by atoms with E-state index in [1.165, 1.54) is 19.2 Å². The van der Waals surface area contributed by atoms with Gasteiger partial charge in [0.2, 0.25) is 10.0 Å². The number of hydrogen-bond donors (Lipinski definition) is 1. The molecule has 0 radical (unpaired) electrons. The van der Waals surface area contributed by atoms with Crippen LogP contribution < -0.4 is 9.46 Å². The molecule has 9 heteroatoms. The Kier molecular flexibility index (Phi) is 7.20. The minimum Gasteiger partial charge on any atom is -0.495 e. The monoisotopic (exact) mass is 398 g/mol. The maximum atomic E-state index is 12.8. The van der Waals surface area contributed by atoms with E-state index in [1.807, 2.05) is 0 Å². The number of carbonyl (C=O) groups excluding carboxylic acids is 2. The number of ether oxygens (including phenoxy) is 2. The van der Waals surface area contributed by atoms with Crippen molar-refractivity contribution in [3.8, 4) is 5.75 Å². The van der Waals surface area contributed by atoms with Gasteiger partial charge in [0.05, 0.1) is 19.6 Å². The Hall–Kier alpha value is -2.13. The molecule has 150 valence electrons. The van der Waals surface area contributed by atoms with Gasteiger partial charge in [0.25, 0.3) is 5.91 Å². The zero-order chi connectivity index (χ0) is 20.0. The summed E-state index contributed by atoms with van der Waals surface area (Å²) in [6.07, 6.45) is 1.06. The van der Waals surface area contributed by atoms with Gasteiger partial charge < -0.3 is 14.4 Å². The summed E-state index contributed by atoms with van der Waals surface area (Å²) in [7, 11) is -2.40. The second-order valence-corrected chi connectivity index (χ2v) is 7.92. The van der Waals surface area contributed by atoms with E-state index in [9.17, 15) is 18.0 Å². The first kappa shape index (κ1) is 21.2. The van der Waals surface area contributed by atoms with E-state index in [0.29, 0.717) is 32.5 Å². The van der Waals surface area contributed by atoms with Gasteiger partial charge in [-0.2, -0.15) is 0 Å². The Labute approximate surface area is 159 Å². The molecule has 1 saturated heterocycles. The summed E-state index contributed by atoms with van der Waals surface area (Å²) in [5, 5.41) is 0. The van der Waals surface area contributed by atoms with E-state index in [4.69, 9.17) is 9.47 Å². The van der Waals surface area contributed by atoms with Crippen molar-refractivity contribution >= 4 is 21.9 Å². The fraction of sp³-hybridized carbons (Fsp3) is 0.556. The molecule has 1 N–H and O–H groups in total. The number of piperidine rings is 1. The Bertz CT molecular complexity index is 785. The van der Waals surface area contributed by atoms with Crippen molar-refractivity contribution in [2.75, 3.05) is 33.4 Å². The van der Waals surface area contributed by atoms with Crippen LogP contribution in [0.15, 0.2) is 23.1 Å². The number of likely N-dealkylation sites (tertiary alicyclic amines) is 1. The van der Waals surface area contributed by atoms with Gasteiger partial charge in [0, 0.05) is 25.2 Å². The van der Waals surface area contributed by atoms with Crippen LogP contribution in [0.4, 0.5) is 0 Å². The van der Waals surface area contributed by atoms with E-state index in [1.54, 1.807) is 24.8 Å². The van der Waals surface area contributed by atoms with Crippen LogP contribution >= 0.6 is 0 Å². The number of methoxy groups -OCH3 is 1. The smallest absolute Gasteiger partial charge is 0.309 e. The van der Waals surface area contributed by atoms with Crippen molar-refractivity contribution in [1.29, 1.82) is 0 Å². The van der Waals surface area contributed by atoms with Gasteiger partial charge in [-0.15, -0.1) is 0 Å². The summed E-state index contributed by atoms with van der Waals surface area (Å²) in [5.41, 5.74) is 0.266. The fourth-order valence-corrected chi connectivity index (χ4v) is 4.28. The minimum atomic E-state index is -3.77. The van der Waals surface area contributed by atoms with Crippen LogP contribution in [0.2, 0.25) is 0 Å². The SMILES string of the molecule is CCNS(=O)(=O)c1cc(C(=O)N2CCC(C(=O)OCC)CC2)ccc1OC. The predicted octanol–water partition coefficient (Wildman–Crippen LogP) is 1.41. The van der Waals surface area contributed by atoms with Crippen molar-refractivity contribution in [1.82, 2.24) is 9.62 Å². The third kappa shape index (κ3) is 4.98. The maximum absolute atomic E-state index is 12.8. The summed E-state index contributed by atoms with van der Waals surface area (Å²) in [6, 6.07) is 4.35. The molecule has 0 atom stereocenters. The highest BCUT2D eigenvalue weighted by Gasteiger charge is 2.29. The average Bonchev–Trinajstić information content (AvgIpc) is 2.67. The van der Waals surface area contributed by atoms with E-state index >= 15 is 0 Å². The van der Waals surface area contributed by atoms with Gasteiger partial charge in [-0.3, -0.25) is 9.59 Å². The Morgan fingerprint density at radius 2 is 1.89 bits per heavy atom. The van der Waals surface area contributed by atoms with Gasteiger partial charge >= 0.3 is 5.97 Å². The molecule has 1 aliphatic rings. The molecule has 0 bridgehead atoms. The summed E-state index contributed by atoms with van der Waals surface area (Å²) in [5.74, 6) is -0.524. The quantitative estimate of drug-likeness (QED) is 0.697. The first-order valence-electron chi connectivity index (χ1n) is 8.97. The lowest BCUT2D eigenvalue weighted by Crippen LogP contribution is -2.40. The largest absolute Gasteiger partial charge is 0.495 e. The predicted molar refractivity (Wildman–Crippen MR) is 99.1 cm³/mol. The van der Waals surface area contributed by atoms with Crippen LogP contribution in [-0.2, 0) is 19.6 Å². The lowest BCUT2D eigenvalue weighted by molar-refractivity contribution is -0.149. The second kappa shape index (κ2) is 9.18. The molecule has 27 heavy (non-hydrogen) atoms. The first-order valence-corrected chi connectivity index (χ1v) is 10.5. The number of esters is 1. The summed E-state index contributed by atoms with van der Waals surface area (Å²) < 4.78 is 37.3. The van der Waals surface area contributed by atoms with Crippen molar-refractivity contribution in [3.63, 3.8) is 0 Å². The first-order chi connectivity index (χ1) is 12.8. The zero-order valence-electron chi connectivity index (χ0n) is 15.9. The molecule has 0 aromatic heterocycles. The number of nitrogens with one attached hydrogen (secondary N) is 1. The van der Waals surface area contributed by atoms with Gasteiger partial charge in [-0.05, 0) is 38.0 Å². The highest BCUT2D eigenvalue weighted by atomic mass is 32.2. The second-order valence-electron chi connectivity index (χ2n) is 6.19. The van der Waals surface area contributed by atoms with Crippen molar-refractivity contribution in [3.05, 3.63) is 23.8 Å². The van der Waals surface area contributed by atoms with Gasteiger partial charge in [0.15, 0.2) is 0 Å². The summed E-state index contributed by atoms with van der Waals surface area (Å²) >= 11 is 0. The number of carbonyl (C=O) groups is 2. The highest BCUT2D eigenvalue weighted by molar-refractivity contribution is 7.89. The molecule has 1 aromatic carbocycles. The number of sulfonamides is 1. The average molecular weight is 398 g/mol. The molecule has 1 amide bonds. The van der Waals surface area contributed by atoms with Crippen LogP contribution in [0.5, 0.6) is 5.75 Å². The third-order valence-corrected chi connectivity index (χ3v) is 6.00. The van der Waals surface area contributed by atoms with Crippen molar-refractivity contribution in [2.45, 2.75) is 31.6 Å². The molecule has 0 saturated carbocycles. The normalized spacial score (nSPS) is 15.4. The number of rotatable bonds is 7. The lowest BCUT2D eigenvalue weighted by Gasteiger charge is -2.31. The van der Waals surface area contributed by atoms with Crippen LogP contribution in [0.3, 0.4) is 0 Å². The molecule has 1 aliphatic heterocycles. The molecule has 1 fully saturated rings. The Balaban J connectivity index is 2.17. The number of nitrogens with zero attached hydrogens (tertiary/aromatic N) is 1. The number of amides is 1. The molecule has 0 spiro atoms. The molecule has 1 heterocycles. The lowest BCUT2D eigenvalue weighted by atomic mass is 9.96.